The van der Waals surface area contributed by atoms with Gasteiger partial charge in [-0.25, -0.2) is 8.42 Å². The number of hydrogen-bond acceptors (Lipinski definition) is 5. The Hall–Kier alpha value is -2.17. The van der Waals surface area contributed by atoms with Crippen molar-refractivity contribution in [3.05, 3.63) is 48.0 Å². The van der Waals surface area contributed by atoms with Crippen LogP contribution in [0.2, 0.25) is 0 Å². The van der Waals surface area contributed by atoms with Gasteiger partial charge in [-0.05, 0) is 55.6 Å². The largest absolute Gasteiger partial charge is 0.456 e. The first-order chi connectivity index (χ1) is 11.0. The Morgan fingerprint density at radius 3 is 2.48 bits per heavy atom. The van der Waals surface area contributed by atoms with Crippen molar-refractivity contribution in [2.24, 2.45) is 0 Å². The van der Waals surface area contributed by atoms with Crippen LogP contribution in [0.1, 0.15) is 12.5 Å². The van der Waals surface area contributed by atoms with E-state index in [-0.39, 0.29) is 11.3 Å². The second-order valence-corrected chi connectivity index (χ2v) is 7.50. The van der Waals surface area contributed by atoms with E-state index in [9.17, 15) is 13.7 Å². The fourth-order valence-electron chi connectivity index (χ4n) is 1.79. The Bertz CT molecular complexity index is 825. The summed E-state index contributed by atoms with van der Waals surface area (Å²) in [6.45, 7) is 1.54. The van der Waals surface area contributed by atoms with Gasteiger partial charge in [0.25, 0.3) is 0 Å². The van der Waals surface area contributed by atoms with E-state index in [1.807, 2.05) is 36.6 Å². The second kappa shape index (κ2) is 7.40. The number of rotatable bonds is 6. The maximum absolute atomic E-state index is 11.6. The van der Waals surface area contributed by atoms with Crippen molar-refractivity contribution in [1.29, 1.82) is 5.26 Å². The van der Waals surface area contributed by atoms with Crippen LogP contribution in [0.15, 0.2) is 47.4 Å². The smallest absolute Gasteiger partial charge is 0.232 e. The third-order valence-corrected chi connectivity index (χ3v) is 5.09. The lowest BCUT2D eigenvalue weighted by molar-refractivity contribution is 0.481. The zero-order valence-corrected chi connectivity index (χ0v) is 14.4. The summed E-state index contributed by atoms with van der Waals surface area (Å²) in [6.07, 6.45) is 1.99. The first-order valence-corrected chi connectivity index (χ1v) is 9.71. The van der Waals surface area contributed by atoms with Crippen LogP contribution in [0.5, 0.6) is 11.5 Å². The van der Waals surface area contributed by atoms with E-state index in [0.29, 0.717) is 17.2 Å². The van der Waals surface area contributed by atoms with Crippen LogP contribution >= 0.6 is 11.8 Å². The van der Waals surface area contributed by atoms with Crippen molar-refractivity contribution in [3.63, 3.8) is 0 Å². The lowest BCUT2D eigenvalue weighted by Crippen LogP contribution is -2.14. The maximum atomic E-state index is 11.6. The van der Waals surface area contributed by atoms with Gasteiger partial charge < -0.3 is 4.74 Å². The van der Waals surface area contributed by atoms with Crippen LogP contribution < -0.4 is 9.46 Å². The molecule has 23 heavy (non-hydrogen) atoms. The van der Waals surface area contributed by atoms with Crippen molar-refractivity contribution in [2.75, 3.05) is 16.7 Å². The number of ether oxygens (including phenoxy) is 1. The minimum Gasteiger partial charge on any atom is -0.456 e. The van der Waals surface area contributed by atoms with Gasteiger partial charge in [0.05, 0.1) is 17.0 Å². The van der Waals surface area contributed by atoms with E-state index in [2.05, 4.69) is 4.72 Å². The molecule has 0 heterocycles. The lowest BCUT2D eigenvalue weighted by atomic mass is 10.2. The van der Waals surface area contributed by atoms with Crippen LogP contribution in [0, 0.1) is 11.3 Å². The Morgan fingerprint density at radius 1 is 1.22 bits per heavy atom. The fourth-order valence-corrected chi connectivity index (χ4v) is 2.83. The van der Waals surface area contributed by atoms with Gasteiger partial charge in [-0.15, -0.1) is 11.8 Å². The summed E-state index contributed by atoms with van der Waals surface area (Å²) in [5, 5.41) is 9.25. The molecule has 2 aromatic carbocycles. The SMILES string of the molecule is CCS(=O)(=O)Nc1ccc(Oc2ccc(SC)cc2)c(C#N)c1. The van der Waals surface area contributed by atoms with Crippen molar-refractivity contribution in [2.45, 2.75) is 11.8 Å². The molecule has 0 spiro atoms. The first kappa shape index (κ1) is 17.2. The van der Waals surface area contributed by atoms with Crippen molar-refractivity contribution >= 4 is 27.5 Å². The van der Waals surface area contributed by atoms with E-state index in [1.54, 1.807) is 30.8 Å². The number of thioether (sulfide) groups is 1. The quantitative estimate of drug-likeness (QED) is 0.803. The Kier molecular flexibility index (Phi) is 5.53. The summed E-state index contributed by atoms with van der Waals surface area (Å²) >= 11 is 1.63. The third kappa shape index (κ3) is 4.65. The molecule has 0 radical (unpaired) electrons. The van der Waals surface area contributed by atoms with Gasteiger partial charge in [0, 0.05) is 4.90 Å². The summed E-state index contributed by atoms with van der Waals surface area (Å²) in [5.41, 5.74) is 0.601. The topological polar surface area (TPSA) is 79.2 Å². The van der Waals surface area contributed by atoms with Crippen molar-refractivity contribution in [3.8, 4) is 17.6 Å². The van der Waals surface area contributed by atoms with Gasteiger partial charge in [-0.2, -0.15) is 5.26 Å². The first-order valence-electron chi connectivity index (χ1n) is 6.84. The Morgan fingerprint density at radius 2 is 1.91 bits per heavy atom. The van der Waals surface area contributed by atoms with Crippen molar-refractivity contribution in [1.82, 2.24) is 0 Å². The zero-order valence-electron chi connectivity index (χ0n) is 12.7. The van der Waals surface area contributed by atoms with Gasteiger partial charge in [0.1, 0.15) is 17.6 Å². The minimum absolute atomic E-state index is 0.0328. The predicted molar refractivity (Wildman–Crippen MR) is 92.5 cm³/mol. The second-order valence-electron chi connectivity index (χ2n) is 4.61. The molecule has 0 fully saturated rings. The van der Waals surface area contributed by atoms with Crippen LogP contribution in [0.3, 0.4) is 0 Å². The zero-order chi connectivity index (χ0) is 16.9. The number of benzene rings is 2. The number of nitriles is 1. The fraction of sp³-hybridized carbons (Fsp3) is 0.188. The lowest BCUT2D eigenvalue weighted by Gasteiger charge is -2.10. The predicted octanol–water partition coefficient (Wildman–Crippen LogP) is 3.83. The average molecular weight is 348 g/mol. The van der Waals surface area contributed by atoms with E-state index < -0.39 is 10.0 Å². The number of nitrogens with zero attached hydrogens (tertiary/aromatic N) is 1. The molecular weight excluding hydrogens is 332 g/mol. The Balaban J connectivity index is 2.24. The molecule has 2 rings (SSSR count). The molecule has 0 amide bonds. The van der Waals surface area contributed by atoms with E-state index in [1.165, 1.54) is 6.07 Å². The molecule has 0 aromatic heterocycles. The number of sulfonamides is 1. The minimum atomic E-state index is -3.38. The monoisotopic (exact) mass is 348 g/mol. The third-order valence-electron chi connectivity index (χ3n) is 3.04. The van der Waals surface area contributed by atoms with E-state index in [0.717, 1.165) is 4.90 Å². The molecule has 0 aliphatic carbocycles. The summed E-state index contributed by atoms with van der Waals surface area (Å²) in [6, 6.07) is 14.1. The van der Waals surface area contributed by atoms with Gasteiger partial charge in [-0.3, -0.25) is 4.72 Å². The standard InChI is InChI=1S/C16H16N2O3S2/c1-3-23(19,20)18-13-4-9-16(12(10-13)11-17)21-14-5-7-15(22-2)8-6-14/h4-10,18H,3H2,1-2H3. The maximum Gasteiger partial charge on any atom is 0.232 e. The number of nitrogens with one attached hydrogen (secondary N) is 1. The highest BCUT2D eigenvalue weighted by atomic mass is 32.2. The molecule has 2 aromatic rings. The highest BCUT2D eigenvalue weighted by molar-refractivity contribution is 7.98. The average Bonchev–Trinajstić information content (AvgIpc) is 2.56. The van der Waals surface area contributed by atoms with Gasteiger partial charge >= 0.3 is 0 Å². The van der Waals surface area contributed by atoms with Gasteiger partial charge in [0.2, 0.25) is 10.0 Å². The summed E-state index contributed by atoms with van der Waals surface area (Å²) < 4.78 is 31.3. The highest BCUT2D eigenvalue weighted by Gasteiger charge is 2.10. The molecule has 0 aliphatic rings. The molecule has 7 heteroatoms. The Labute approximate surface area is 140 Å². The molecule has 0 atom stereocenters. The summed E-state index contributed by atoms with van der Waals surface area (Å²) in [4.78, 5) is 1.11. The summed E-state index contributed by atoms with van der Waals surface area (Å²) in [5.74, 6) is 0.958. The molecule has 0 aliphatic heterocycles. The van der Waals surface area contributed by atoms with Crippen molar-refractivity contribution < 1.29 is 13.2 Å². The van der Waals surface area contributed by atoms with Gasteiger partial charge in [0.15, 0.2) is 0 Å². The van der Waals surface area contributed by atoms with E-state index in [4.69, 9.17) is 4.74 Å². The summed E-state index contributed by atoms with van der Waals surface area (Å²) in [7, 11) is -3.38. The van der Waals surface area contributed by atoms with E-state index >= 15 is 0 Å². The molecule has 0 saturated carbocycles. The number of hydrogen-bond donors (Lipinski definition) is 1. The van der Waals surface area contributed by atoms with Crippen LogP contribution in [-0.2, 0) is 10.0 Å². The molecule has 1 N–H and O–H groups in total. The van der Waals surface area contributed by atoms with Crippen LogP contribution in [-0.4, -0.2) is 20.4 Å². The molecular formula is C16H16N2O3S2. The normalized spacial score (nSPS) is 10.8. The molecule has 5 nitrogen and oxygen atoms in total. The van der Waals surface area contributed by atoms with Gasteiger partial charge in [-0.1, -0.05) is 0 Å². The number of anilines is 1. The molecule has 0 bridgehead atoms. The molecule has 120 valence electrons. The molecule has 0 unspecified atom stereocenters. The van der Waals surface area contributed by atoms with Crippen LogP contribution in [0.4, 0.5) is 5.69 Å². The molecule has 0 saturated heterocycles. The highest BCUT2D eigenvalue weighted by Crippen LogP contribution is 2.29. The van der Waals surface area contributed by atoms with Crippen LogP contribution in [0.25, 0.3) is 0 Å².